The van der Waals surface area contributed by atoms with Crippen LogP contribution in [-0.2, 0) is 53.5 Å². The van der Waals surface area contributed by atoms with Gasteiger partial charge < -0.3 is 36.3 Å². The van der Waals surface area contributed by atoms with E-state index in [1.807, 2.05) is 73.7 Å². The molecule has 6 N–H and O–H groups in total. The first kappa shape index (κ1) is 47.3. The summed E-state index contributed by atoms with van der Waals surface area (Å²) < 4.78 is 19.6. The molecular weight excluding hydrogens is 812 g/mol. The smallest absolute Gasteiger partial charge is 0.870 e. The monoisotopic (exact) mass is 858 g/mol. The summed E-state index contributed by atoms with van der Waals surface area (Å²) in [7, 11) is 0. The summed E-state index contributed by atoms with van der Waals surface area (Å²) >= 11 is 3.41. The van der Waals surface area contributed by atoms with Gasteiger partial charge in [-0.3, -0.25) is 9.59 Å². The molecule has 0 aliphatic rings. The molecule has 8 aromatic rings. The van der Waals surface area contributed by atoms with E-state index in [9.17, 15) is 9.59 Å². The van der Waals surface area contributed by atoms with Crippen LogP contribution in [0.25, 0.3) is 42.4 Å². The minimum absolute atomic E-state index is 0. The molecular formula is C50H47LiN2O7S2. The van der Waals surface area contributed by atoms with Gasteiger partial charge in [-0.2, -0.15) is 0 Å². The third-order valence-corrected chi connectivity index (χ3v) is 11.7. The maximum atomic E-state index is 11.9. The number of esters is 1. The summed E-state index contributed by atoms with van der Waals surface area (Å²) in [6.45, 7) is 3.98. The van der Waals surface area contributed by atoms with E-state index < -0.39 is 5.97 Å². The number of ether oxygens (including phenoxy) is 3. The van der Waals surface area contributed by atoms with Gasteiger partial charge in [-0.1, -0.05) is 72.8 Å². The second-order valence-electron chi connectivity index (χ2n) is 14.1. The second kappa shape index (κ2) is 22.9. The maximum Gasteiger partial charge on any atom is 1.00 e. The van der Waals surface area contributed by atoms with E-state index in [4.69, 9.17) is 30.8 Å². The predicted octanol–water partition coefficient (Wildman–Crippen LogP) is 7.77. The molecule has 0 bridgehead atoms. The molecule has 312 valence electrons. The van der Waals surface area contributed by atoms with E-state index in [2.05, 4.69) is 71.4 Å². The van der Waals surface area contributed by atoms with Crippen molar-refractivity contribution in [2.75, 3.05) is 6.61 Å². The summed E-state index contributed by atoms with van der Waals surface area (Å²) in [5.41, 5.74) is 22.1. The second-order valence-corrected chi connectivity index (χ2v) is 16.0. The fraction of sp³-hybridized carbons (Fsp3) is 0.160. The van der Waals surface area contributed by atoms with Crippen LogP contribution in [0.3, 0.4) is 0 Å². The van der Waals surface area contributed by atoms with E-state index in [1.54, 1.807) is 28.7 Å². The predicted molar refractivity (Wildman–Crippen MR) is 245 cm³/mol. The molecule has 9 nitrogen and oxygen atoms in total. The quantitative estimate of drug-likeness (QED) is 0.0690. The Morgan fingerprint density at radius 1 is 0.581 bits per heavy atom. The molecule has 0 atom stereocenters. The molecule has 6 aromatic carbocycles. The van der Waals surface area contributed by atoms with Crippen molar-refractivity contribution in [3.63, 3.8) is 0 Å². The third-order valence-electron chi connectivity index (χ3n) is 9.93. The number of carboxylic acids is 1. The first-order valence-electron chi connectivity index (χ1n) is 19.7. The topological polar surface area (TPSA) is 164 Å². The number of thiophene rings is 2. The largest absolute Gasteiger partial charge is 1.00 e. The van der Waals surface area contributed by atoms with Gasteiger partial charge in [0.05, 0.1) is 19.4 Å². The molecule has 2 heterocycles. The Morgan fingerprint density at radius 2 is 1.05 bits per heavy atom. The summed E-state index contributed by atoms with van der Waals surface area (Å²) in [5.74, 6) is 0.185. The number of carbonyl (C=O) groups excluding carboxylic acids is 1. The van der Waals surface area contributed by atoms with Gasteiger partial charge in [0.1, 0.15) is 24.7 Å². The van der Waals surface area contributed by atoms with Gasteiger partial charge >= 0.3 is 30.8 Å². The van der Waals surface area contributed by atoms with Crippen LogP contribution in [0.1, 0.15) is 40.3 Å². The van der Waals surface area contributed by atoms with Crippen LogP contribution >= 0.6 is 22.7 Å². The number of hydrogen-bond acceptors (Lipinski definition) is 10. The minimum atomic E-state index is -0.872. The summed E-state index contributed by atoms with van der Waals surface area (Å²) in [4.78, 5) is 23.0. The van der Waals surface area contributed by atoms with Crippen molar-refractivity contribution >= 4 is 54.8 Å². The fourth-order valence-corrected chi connectivity index (χ4v) is 8.82. The van der Waals surface area contributed by atoms with Gasteiger partial charge in [0.2, 0.25) is 0 Å². The SMILES string of the molecule is CCOC(=O)Cc1ccccc1OCc1cc(-c2cccc(CN)c2)c2ccsc2c1.NCc1cccc(-c2cc(COc3ccccc3CC(=O)O)cc3sccc23)c1.[Li+].[OH-]. The summed E-state index contributed by atoms with van der Waals surface area (Å²) in [5, 5.41) is 15.8. The Labute approximate surface area is 381 Å². The Kier molecular flexibility index (Phi) is 17.5. The number of carbonyl (C=O) groups is 2. The van der Waals surface area contributed by atoms with Crippen molar-refractivity contribution in [2.45, 2.75) is 46.1 Å². The normalized spacial score (nSPS) is 10.6. The molecule has 0 radical (unpaired) electrons. The zero-order valence-corrected chi connectivity index (χ0v) is 36.3. The average Bonchev–Trinajstić information content (AvgIpc) is 3.96. The van der Waals surface area contributed by atoms with Gasteiger partial charge in [-0.25, -0.2) is 0 Å². The number of nitrogens with two attached hydrogens (primary N) is 2. The van der Waals surface area contributed by atoms with Crippen LogP contribution in [0.4, 0.5) is 0 Å². The van der Waals surface area contributed by atoms with Gasteiger partial charge in [0.25, 0.3) is 0 Å². The van der Waals surface area contributed by atoms with Crippen LogP contribution in [-0.4, -0.2) is 29.1 Å². The van der Waals surface area contributed by atoms with E-state index >= 15 is 0 Å². The molecule has 0 aliphatic carbocycles. The standard InChI is InChI=1S/C26H25NO3S.C24H21NO3S.Li.H2O/c1-2-29-26(28)15-21-7-3-4-9-24(21)30-17-19-13-23(22-10-11-31-25(22)14-19)20-8-5-6-18(12-20)16-27;25-14-16-4-3-6-18(10-16)21-11-17(12-23-20(21)8-9-29-23)15-28-22-7-2-1-5-19(22)13-24(26)27;;/h3-14H,2,15-17,27H2,1H3;1-12H,13-15,25H2,(H,26,27);;1H2/q;;+1;/p-1. The van der Waals surface area contributed by atoms with Crippen molar-refractivity contribution in [3.8, 4) is 33.8 Å². The third kappa shape index (κ3) is 12.0. The molecule has 62 heavy (non-hydrogen) atoms. The number of fused-ring (bicyclic) bond motifs is 2. The van der Waals surface area contributed by atoms with Crippen LogP contribution in [0.2, 0.25) is 0 Å². The number of benzene rings is 6. The zero-order valence-electron chi connectivity index (χ0n) is 34.7. The molecule has 0 aliphatic heterocycles. The van der Waals surface area contributed by atoms with Gasteiger partial charge in [0.15, 0.2) is 0 Å². The average molecular weight is 859 g/mol. The van der Waals surface area contributed by atoms with Crippen molar-refractivity contribution in [1.29, 1.82) is 0 Å². The first-order valence-corrected chi connectivity index (χ1v) is 21.5. The van der Waals surface area contributed by atoms with Crippen LogP contribution in [0.15, 0.2) is 144 Å². The van der Waals surface area contributed by atoms with Gasteiger partial charge in [0, 0.05) is 44.4 Å². The molecule has 0 spiro atoms. The number of hydrogen-bond donors (Lipinski definition) is 3. The number of aliphatic carboxylic acids is 1. The number of para-hydroxylation sites is 2. The maximum absolute atomic E-state index is 11.9. The molecule has 8 rings (SSSR count). The van der Waals surface area contributed by atoms with Crippen LogP contribution < -0.4 is 39.8 Å². The van der Waals surface area contributed by atoms with Gasteiger partial charge in [-0.15, -0.1) is 22.7 Å². The first-order chi connectivity index (χ1) is 29.3. The summed E-state index contributed by atoms with van der Waals surface area (Å²) in [6.07, 6.45) is 0.141. The van der Waals surface area contributed by atoms with Crippen molar-refractivity contribution in [3.05, 3.63) is 178 Å². The Morgan fingerprint density at radius 3 is 1.50 bits per heavy atom. The number of rotatable bonds is 15. The van der Waals surface area contributed by atoms with E-state index in [-0.39, 0.29) is 43.1 Å². The molecule has 0 saturated carbocycles. The molecule has 2 aromatic heterocycles. The minimum Gasteiger partial charge on any atom is -0.870 e. The molecule has 0 fully saturated rings. The van der Waals surface area contributed by atoms with Crippen LogP contribution in [0, 0.1) is 0 Å². The molecule has 0 saturated heterocycles. The van der Waals surface area contributed by atoms with E-state index in [0.29, 0.717) is 50.0 Å². The van der Waals surface area contributed by atoms with E-state index in [1.165, 1.54) is 25.7 Å². The Balaban J connectivity index is 0.000000227. The molecule has 12 heteroatoms. The summed E-state index contributed by atoms with van der Waals surface area (Å²) in [6, 6.07) is 44.4. The van der Waals surface area contributed by atoms with Crippen molar-refractivity contribution < 1.29 is 53.2 Å². The zero-order chi connectivity index (χ0) is 41.8. The van der Waals surface area contributed by atoms with Gasteiger partial charge in [-0.05, 0) is 123 Å². The van der Waals surface area contributed by atoms with E-state index in [0.717, 1.165) is 44.5 Å². The van der Waals surface area contributed by atoms with Crippen LogP contribution in [0.5, 0.6) is 11.5 Å². The Bertz CT molecular complexity index is 2750. The Hall–Kier alpha value is -5.74. The fourth-order valence-electron chi connectivity index (χ4n) is 7.07. The molecule has 0 amide bonds. The van der Waals surface area contributed by atoms with Crippen molar-refractivity contribution in [2.24, 2.45) is 11.5 Å². The van der Waals surface area contributed by atoms with Crippen molar-refractivity contribution in [1.82, 2.24) is 0 Å². The number of carboxylic acid groups (broad SMARTS) is 1. The molecule has 0 unspecified atom stereocenters.